The molecule has 4 rings (SSSR count). The number of rotatable bonds is 5. The van der Waals surface area contributed by atoms with Gasteiger partial charge in [-0.15, -0.1) is 0 Å². The molecule has 1 aromatic heterocycles. The van der Waals surface area contributed by atoms with Gasteiger partial charge in [-0.3, -0.25) is 15.4 Å². The van der Waals surface area contributed by atoms with E-state index in [2.05, 4.69) is 26.4 Å². The zero-order valence-corrected chi connectivity index (χ0v) is 15.9. The quantitative estimate of drug-likeness (QED) is 0.635. The van der Waals surface area contributed by atoms with Crippen molar-refractivity contribution in [2.75, 3.05) is 11.9 Å². The molecule has 8 nitrogen and oxygen atoms in total. The van der Waals surface area contributed by atoms with Gasteiger partial charge in [0.2, 0.25) is 5.91 Å². The minimum atomic E-state index is -0.458. The molecule has 1 aliphatic carbocycles. The molecule has 0 spiro atoms. The summed E-state index contributed by atoms with van der Waals surface area (Å²) in [5, 5.41) is 16.6. The van der Waals surface area contributed by atoms with Crippen molar-refractivity contribution < 1.29 is 9.59 Å². The van der Waals surface area contributed by atoms with Crippen molar-refractivity contribution in [3.63, 3.8) is 0 Å². The molecule has 28 heavy (non-hydrogen) atoms. The maximum absolute atomic E-state index is 12.4. The molecule has 148 valence electrons. The number of nitrogens with one attached hydrogen (secondary N) is 4. The molecular formula is C20H26N6O2. The van der Waals surface area contributed by atoms with E-state index in [9.17, 15) is 9.59 Å². The molecule has 3 atom stereocenters. The van der Waals surface area contributed by atoms with E-state index < -0.39 is 6.29 Å². The highest BCUT2D eigenvalue weighted by Gasteiger charge is 2.40. The van der Waals surface area contributed by atoms with Gasteiger partial charge in [0.15, 0.2) is 6.29 Å². The number of hydrogen-bond donors (Lipinski definition) is 4. The lowest BCUT2D eigenvalue weighted by molar-refractivity contribution is -0.130. The fourth-order valence-corrected chi connectivity index (χ4v) is 4.02. The van der Waals surface area contributed by atoms with Gasteiger partial charge in [-0.05, 0) is 31.7 Å². The van der Waals surface area contributed by atoms with Gasteiger partial charge in [-0.2, -0.15) is 5.10 Å². The summed E-state index contributed by atoms with van der Waals surface area (Å²) in [5.74, 6) is 0.632. The summed E-state index contributed by atoms with van der Waals surface area (Å²) in [5.41, 5.74) is 1.94. The van der Waals surface area contributed by atoms with Crippen LogP contribution in [0.15, 0.2) is 36.4 Å². The molecule has 2 fully saturated rings. The van der Waals surface area contributed by atoms with E-state index in [-0.39, 0.29) is 23.9 Å². The second-order valence-electron chi connectivity index (χ2n) is 7.45. The standard InChI is InChI=1S/C20H26N6O2/c1-13-12-17(23-20(28)21-11-10-14-6-3-2-4-7-14)26(25-13)19-22-16-9-5-8-15(16)18(27)24-19/h2-4,6-7,12,15-16,19,22H,5,8-11H2,1H3,(H,24,27)(H2,21,23,28). The molecule has 0 radical (unpaired) electrons. The van der Waals surface area contributed by atoms with E-state index in [1.165, 1.54) is 5.56 Å². The maximum Gasteiger partial charge on any atom is 0.320 e. The summed E-state index contributed by atoms with van der Waals surface area (Å²) in [7, 11) is 0. The first-order valence-electron chi connectivity index (χ1n) is 9.81. The van der Waals surface area contributed by atoms with Gasteiger partial charge in [-0.1, -0.05) is 36.8 Å². The monoisotopic (exact) mass is 382 g/mol. The molecule has 2 aliphatic rings. The second kappa shape index (κ2) is 8.02. The first kappa shape index (κ1) is 18.5. The van der Waals surface area contributed by atoms with Crippen LogP contribution in [0.4, 0.5) is 10.6 Å². The molecule has 3 amide bonds. The Bertz CT molecular complexity index is 850. The first-order valence-corrected chi connectivity index (χ1v) is 9.81. The van der Waals surface area contributed by atoms with Crippen LogP contribution in [-0.4, -0.2) is 34.3 Å². The van der Waals surface area contributed by atoms with Crippen molar-refractivity contribution in [2.24, 2.45) is 5.92 Å². The molecule has 3 unspecified atom stereocenters. The fraction of sp³-hybridized carbons (Fsp3) is 0.450. The smallest absolute Gasteiger partial charge is 0.320 e. The fourth-order valence-electron chi connectivity index (χ4n) is 4.02. The van der Waals surface area contributed by atoms with Gasteiger partial charge in [-0.25, -0.2) is 9.48 Å². The predicted octanol–water partition coefficient (Wildman–Crippen LogP) is 1.90. The Balaban J connectivity index is 1.37. The largest absolute Gasteiger partial charge is 0.337 e. The summed E-state index contributed by atoms with van der Waals surface area (Å²) in [6.07, 6.45) is 3.26. The SMILES string of the molecule is Cc1cc(NC(=O)NCCc2ccccc2)n(C2NC(=O)C3CCCC3N2)n1. The lowest BCUT2D eigenvalue weighted by atomic mass is 10.0. The minimum Gasteiger partial charge on any atom is -0.337 e. The minimum absolute atomic E-state index is 0.0330. The summed E-state index contributed by atoms with van der Waals surface area (Å²) in [6, 6.07) is 11.7. The van der Waals surface area contributed by atoms with Crippen LogP contribution < -0.4 is 21.3 Å². The molecule has 2 aromatic rings. The predicted molar refractivity (Wildman–Crippen MR) is 106 cm³/mol. The number of hydrogen-bond acceptors (Lipinski definition) is 4. The number of carbonyl (C=O) groups excluding carboxylic acids is 2. The number of benzene rings is 1. The van der Waals surface area contributed by atoms with Gasteiger partial charge in [0, 0.05) is 18.7 Å². The van der Waals surface area contributed by atoms with Crippen LogP contribution in [0.5, 0.6) is 0 Å². The molecule has 1 saturated carbocycles. The lowest BCUT2D eigenvalue weighted by Crippen LogP contribution is -2.57. The number of anilines is 1. The lowest BCUT2D eigenvalue weighted by Gasteiger charge is -2.34. The number of nitrogens with zero attached hydrogens (tertiary/aromatic N) is 2. The molecule has 4 N–H and O–H groups in total. The van der Waals surface area contributed by atoms with E-state index in [4.69, 9.17) is 0 Å². The Morgan fingerprint density at radius 3 is 2.93 bits per heavy atom. The van der Waals surface area contributed by atoms with Crippen LogP contribution in [0.1, 0.15) is 36.8 Å². The normalized spacial score (nSPS) is 23.8. The number of fused-ring (bicyclic) bond motifs is 1. The Morgan fingerprint density at radius 1 is 1.29 bits per heavy atom. The Hall–Kier alpha value is -2.87. The van der Waals surface area contributed by atoms with Crippen LogP contribution in [0.3, 0.4) is 0 Å². The highest BCUT2D eigenvalue weighted by atomic mass is 16.2. The van der Waals surface area contributed by atoms with E-state index in [0.717, 1.165) is 31.4 Å². The van der Waals surface area contributed by atoms with Crippen molar-refractivity contribution >= 4 is 17.8 Å². The number of aromatic nitrogens is 2. The van der Waals surface area contributed by atoms with Gasteiger partial charge >= 0.3 is 6.03 Å². The average Bonchev–Trinajstić information content (AvgIpc) is 3.29. The third-order valence-corrected chi connectivity index (χ3v) is 5.39. The third kappa shape index (κ3) is 4.01. The summed E-state index contributed by atoms with van der Waals surface area (Å²) in [6.45, 7) is 2.39. The highest BCUT2D eigenvalue weighted by molar-refractivity contribution is 5.88. The second-order valence-corrected chi connectivity index (χ2v) is 7.45. The molecule has 0 bridgehead atoms. The molecular weight excluding hydrogens is 356 g/mol. The van der Waals surface area contributed by atoms with Crippen LogP contribution in [0, 0.1) is 12.8 Å². The third-order valence-electron chi connectivity index (χ3n) is 5.39. The maximum atomic E-state index is 12.4. The summed E-state index contributed by atoms with van der Waals surface area (Å²) in [4.78, 5) is 24.7. The number of urea groups is 1. The van der Waals surface area contributed by atoms with E-state index in [0.29, 0.717) is 12.4 Å². The van der Waals surface area contributed by atoms with Crippen LogP contribution in [0.2, 0.25) is 0 Å². The van der Waals surface area contributed by atoms with E-state index in [1.807, 2.05) is 37.3 Å². The number of aryl methyl sites for hydroxylation is 1. The van der Waals surface area contributed by atoms with Gasteiger partial charge in [0.1, 0.15) is 5.82 Å². The van der Waals surface area contributed by atoms with E-state index in [1.54, 1.807) is 10.7 Å². The number of carbonyl (C=O) groups is 2. The summed E-state index contributed by atoms with van der Waals surface area (Å²) >= 11 is 0. The molecule has 1 saturated heterocycles. The highest BCUT2D eigenvalue weighted by Crippen LogP contribution is 2.30. The van der Waals surface area contributed by atoms with Crippen molar-refractivity contribution in [1.29, 1.82) is 0 Å². The van der Waals surface area contributed by atoms with Crippen molar-refractivity contribution in [3.8, 4) is 0 Å². The van der Waals surface area contributed by atoms with Crippen molar-refractivity contribution in [1.82, 2.24) is 25.7 Å². The van der Waals surface area contributed by atoms with Gasteiger partial charge in [0.25, 0.3) is 0 Å². The Morgan fingerprint density at radius 2 is 2.11 bits per heavy atom. The van der Waals surface area contributed by atoms with E-state index >= 15 is 0 Å². The van der Waals surface area contributed by atoms with Crippen molar-refractivity contribution in [3.05, 3.63) is 47.7 Å². The Labute approximate surface area is 164 Å². The number of amides is 3. The molecule has 1 aliphatic heterocycles. The molecule has 1 aromatic carbocycles. The van der Waals surface area contributed by atoms with Crippen LogP contribution in [0.25, 0.3) is 0 Å². The zero-order valence-electron chi connectivity index (χ0n) is 15.9. The topological polar surface area (TPSA) is 100 Å². The van der Waals surface area contributed by atoms with Crippen LogP contribution in [-0.2, 0) is 11.2 Å². The molecule has 2 heterocycles. The van der Waals surface area contributed by atoms with Gasteiger partial charge in [0.05, 0.1) is 11.6 Å². The van der Waals surface area contributed by atoms with Gasteiger partial charge < -0.3 is 10.6 Å². The molecule has 8 heteroatoms. The average molecular weight is 382 g/mol. The Kier molecular flexibility index (Phi) is 5.29. The summed E-state index contributed by atoms with van der Waals surface area (Å²) < 4.78 is 1.64. The first-order chi connectivity index (χ1) is 13.6. The van der Waals surface area contributed by atoms with Crippen LogP contribution >= 0.6 is 0 Å². The zero-order chi connectivity index (χ0) is 19.5. The van der Waals surface area contributed by atoms with Crippen molar-refractivity contribution in [2.45, 2.75) is 44.9 Å².